The van der Waals surface area contributed by atoms with Crippen LogP contribution in [0.2, 0.25) is 0 Å². The van der Waals surface area contributed by atoms with Crippen molar-refractivity contribution in [2.45, 2.75) is 20.8 Å². The van der Waals surface area contributed by atoms with Crippen LogP contribution in [0.25, 0.3) is 0 Å². The molecule has 0 saturated carbocycles. The molecule has 0 radical (unpaired) electrons. The molecule has 0 fully saturated rings. The molecule has 0 aliphatic rings. The number of benzene rings is 2. The van der Waals surface area contributed by atoms with Crippen molar-refractivity contribution in [2.75, 3.05) is 6.61 Å². The molecule has 0 aliphatic heterocycles. The Morgan fingerprint density at radius 1 is 1.31 bits per heavy atom. The van der Waals surface area contributed by atoms with Gasteiger partial charge in [-0.05, 0) is 43.5 Å². The van der Waals surface area contributed by atoms with Crippen molar-refractivity contribution in [2.24, 2.45) is 5.10 Å². The minimum atomic E-state index is -0.569. The number of carbonyl (C=O) groups is 1. The second-order valence-corrected chi connectivity index (χ2v) is 5.74. The minimum Gasteiger partial charge on any atom is -0.507 e. The summed E-state index contributed by atoms with van der Waals surface area (Å²) in [6, 6.07) is 7.97. The fraction of sp³-hybridized carbons (Fsp3) is 0.222. The molecular weight excluding hydrogens is 338 g/mol. The quantitative estimate of drug-likeness (QED) is 0.469. The highest BCUT2D eigenvalue weighted by molar-refractivity contribution is 5.87. The van der Waals surface area contributed by atoms with E-state index in [-0.39, 0.29) is 23.6 Å². The van der Waals surface area contributed by atoms with Gasteiger partial charge in [-0.3, -0.25) is 14.9 Å². The summed E-state index contributed by atoms with van der Waals surface area (Å²) < 4.78 is 5.45. The van der Waals surface area contributed by atoms with Gasteiger partial charge in [-0.1, -0.05) is 12.1 Å². The van der Waals surface area contributed by atoms with Crippen LogP contribution in [-0.4, -0.2) is 28.8 Å². The second kappa shape index (κ2) is 8.11. The lowest BCUT2D eigenvalue weighted by Crippen LogP contribution is -2.24. The number of nitro benzene ring substituents is 1. The molecule has 0 bridgehead atoms. The Morgan fingerprint density at radius 3 is 2.73 bits per heavy atom. The number of nitrogens with zero attached hydrogens (tertiary/aromatic N) is 2. The highest BCUT2D eigenvalue weighted by Crippen LogP contribution is 2.26. The summed E-state index contributed by atoms with van der Waals surface area (Å²) in [7, 11) is 0. The van der Waals surface area contributed by atoms with E-state index in [1.165, 1.54) is 19.1 Å². The Balaban J connectivity index is 1.99. The highest BCUT2D eigenvalue weighted by atomic mass is 16.6. The van der Waals surface area contributed by atoms with E-state index in [1.807, 2.05) is 26.0 Å². The number of ether oxygens (including phenoxy) is 1. The van der Waals surface area contributed by atoms with E-state index >= 15 is 0 Å². The van der Waals surface area contributed by atoms with Crippen molar-refractivity contribution in [1.82, 2.24) is 5.43 Å². The lowest BCUT2D eigenvalue weighted by molar-refractivity contribution is -0.384. The Hall–Kier alpha value is -3.42. The number of phenols is 1. The van der Waals surface area contributed by atoms with Gasteiger partial charge in [0.25, 0.3) is 11.6 Å². The first-order chi connectivity index (χ1) is 12.3. The monoisotopic (exact) mass is 357 g/mol. The molecule has 2 aromatic rings. The summed E-state index contributed by atoms with van der Waals surface area (Å²) in [5.74, 6) is -0.0277. The minimum absolute atomic E-state index is 0.132. The summed E-state index contributed by atoms with van der Waals surface area (Å²) in [6.45, 7) is 5.14. The first-order valence-electron chi connectivity index (χ1n) is 7.78. The van der Waals surface area contributed by atoms with Crippen molar-refractivity contribution in [1.29, 1.82) is 0 Å². The van der Waals surface area contributed by atoms with E-state index in [4.69, 9.17) is 4.74 Å². The van der Waals surface area contributed by atoms with Crippen LogP contribution >= 0.6 is 0 Å². The molecule has 0 heterocycles. The Morgan fingerprint density at radius 2 is 2.04 bits per heavy atom. The van der Waals surface area contributed by atoms with E-state index in [0.717, 1.165) is 17.3 Å². The highest BCUT2D eigenvalue weighted by Gasteiger charge is 2.12. The predicted octanol–water partition coefficient (Wildman–Crippen LogP) is 2.75. The third-order valence-electron chi connectivity index (χ3n) is 3.83. The maximum atomic E-state index is 11.8. The number of phenolic OH excluding ortho intramolecular Hbond substituents is 1. The number of hydrogen-bond donors (Lipinski definition) is 2. The number of nitro groups is 1. The molecule has 8 heteroatoms. The summed E-state index contributed by atoms with van der Waals surface area (Å²) in [5.41, 5.74) is 4.55. The molecule has 0 unspecified atom stereocenters. The van der Waals surface area contributed by atoms with Gasteiger partial charge in [0.05, 0.1) is 11.1 Å². The van der Waals surface area contributed by atoms with Crippen LogP contribution in [0.3, 0.4) is 0 Å². The van der Waals surface area contributed by atoms with Gasteiger partial charge in [-0.2, -0.15) is 5.10 Å². The van der Waals surface area contributed by atoms with Crippen molar-refractivity contribution in [3.8, 4) is 11.5 Å². The fourth-order valence-corrected chi connectivity index (χ4v) is 2.22. The van der Waals surface area contributed by atoms with Crippen LogP contribution in [0.15, 0.2) is 35.4 Å². The Kier molecular flexibility index (Phi) is 5.90. The number of hydrogen-bond acceptors (Lipinski definition) is 6. The summed E-state index contributed by atoms with van der Waals surface area (Å²) in [4.78, 5) is 22.1. The van der Waals surface area contributed by atoms with E-state index < -0.39 is 10.8 Å². The van der Waals surface area contributed by atoms with Gasteiger partial charge in [-0.25, -0.2) is 5.43 Å². The van der Waals surface area contributed by atoms with Crippen molar-refractivity contribution >= 4 is 17.8 Å². The molecule has 2 rings (SSSR count). The van der Waals surface area contributed by atoms with Crippen LogP contribution in [0.5, 0.6) is 11.5 Å². The lowest BCUT2D eigenvalue weighted by atomic mass is 10.1. The zero-order valence-electron chi connectivity index (χ0n) is 14.6. The van der Waals surface area contributed by atoms with E-state index in [2.05, 4.69) is 10.5 Å². The molecule has 0 atom stereocenters. The van der Waals surface area contributed by atoms with Crippen molar-refractivity contribution in [3.63, 3.8) is 0 Å². The molecule has 0 aromatic heterocycles. The molecule has 136 valence electrons. The third kappa shape index (κ3) is 4.56. The average molecular weight is 357 g/mol. The van der Waals surface area contributed by atoms with Crippen LogP contribution in [0.1, 0.15) is 22.3 Å². The molecule has 26 heavy (non-hydrogen) atoms. The molecule has 1 amide bonds. The van der Waals surface area contributed by atoms with Gasteiger partial charge in [0.15, 0.2) is 6.61 Å². The third-order valence-corrected chi connectivity index (χ3v) is 3.83. The summed E-state index contributed by atoms with van der Waals surface area (Å²) >= 11 is 0. The van der Waals surface area contributed by atoms with Gasteiger partial charge in [0.1, 0.15) is 11.5 Å². The maximum absolute atomic E-state index is 11.8. The predicted molar refractivity (Wildman–Crippen MR) is 96.6 cm³/mol. The Labute approximate surface area is 150 Å². The van der Waals surface area contributed by atoms with Gasteiger partial charge in [-0.15, -0.1) is 0 Å². The summed E-state index contributed by atoms with van der Waals surface area (Å²) in [5, 5.41) is 24.5. The largest absolute Gasteiger partial charge is 0.507 e. The van der Waals surface area contributed by atoms with Crippen LogP contribution in [0.4, 0.5) is 5.69 Å². The van der Waals surface area contributed by atoms with E-state index in [9.17, 15) is 20.0 Å². The number of nitrogens with one attached hydrogen (secondary N) is 1. The van der Waals surface area contributed by atoms with E-state index in [0.29, 0.717) is 11.3 Å². The molecule has 8 nitrogen and oxygen atoms in total. The number of non-ortho nitro benzene ring substituents is 1. The normalized spacial score (nSPS) is 10.7. The van der Waals surface area contributed by atoms with Crippen molar-refractivity contribution in [3.05, 3.63) is 62.7 Å². The number of rotatable bonds is 6. The maximum Gasteiger partial charge on any atom is 0.277 e. The first-order valence-corrected chi connectivity index (χ1v) is 7.78. The first kappa shape index (κ1) is 18.9. The molecule has 0 aliphatic carbocycles. The zero-order valence-corrected chi connectivity index (χ0v) is 14.6. The Bertz CT molecular complexity index is 877. The van der Waals surface area contributed by atoms with Crippen LogP contribution in [-0.2, 0) is 4.79 Å². The van der Waals surface area contributed by atoms with Gasteiger partial charge in [0.2, 0.25) is 0 Å². The van der Waals surface area contributed by atoms with Crippen LogP contribution < -0.4 is 10.2 Å². The molecular formula is C18H19N3O5. The zero-order chi connectivity index (χ0) is 19.3. The molecule has 0 saturated heterocycles. The molecule has 2 N–H and O–H groups in total. The SMILES string of the molecule is Cc1cccc(OCC(=O)N/N=C/c2cc([N+](=O)[O-])cc(C)c2O)c1C. The van der Waals surface area contributed by atoms with Crippen molar-refractivity contribution < 1.29 is 19.6 Å². The van der Waals surface area contributed by atoms with Gasteiger partial charge >= 0.3 is 0 Å². The smallest absolute Gasteiger partial charge is 0.277 e. The van der Waals surface area contributed by atoms with Gasteiger partial charge < -0.3 is 9.84 Å². The number of carbonyl (C=O) groups excluding carboxylic acids is 1. The summed E-state index contributed by atoms with van der Waals surface area (Å²) in [6.07, 6.45) is 1.14. The standard InChI is InChI=1S/C18H19N3O5/c1-11-5-4-6-16(13(11)3)26-10-17(22)20-19-9-14-8-15(21(24)25)7-12(2)18(14)23/h4-9,23H,10H2,1-3H3,(H,20,22)/b19-9+. The number of aromatic hydroxyl groups is 1. The topological polar surface area (TPSA) is 114 Å². The molecule has 2 aromatic carbocycles. The van der Waals surface area contributed by atoms with E-state index in [1.54, 1.807) is 6.07 Å². The lowest BCUT2D eigenvalue weighted by Gasteiger charge is -2.09. The fourth-order valence-electron chi connectivity index (χ4n) is 2.22. The second-order valence-electron chi connectivity index (χ2n) is 5.74. The molecule has 0 spiro atoms. The number of amides is 1. The average Bonchev–Trinajstić information content (AvgIpc) is 2.59. The number of aryl methyl sites for hydroxylation is 2. The van der Waals surface area contributed by atoms with Crippen LogP contribution in [0, 0.1) is 30.9 Å². The van der Waals surface area contributed by atoms with Gasteiger partial charge in [0, 0.05) is 17.7 Å². The number of hydrazone groups is 1.